The van der Waals surface area contributed by atoms with Crippen molar-refractivity contribution < 1.29 is 47.3 Å². The predicted octanol–water partition coefficient (Wildman–Crippen LogP) is 4.70. The Labute approximate surface area is 259 Å². The van der Waals surface area contributed by atoms with Gasteiger partial charge in [0.25, 0.3) is 0 Å². The van der Waals surface area contributed by atoms with Crippen LogP contribution in [0.1, 0.15) is 92.7 Å². The fourth-order valence-electron chi connectivity index (χ4n) is 8.50. The standard InChI is InChI=1S/C34H38O11/c1-28(2)23(42-27(39)34-16-14-32(8,25(37)45-34)30(34,5)6)22(20-18(43-28)11-9-17-10-12-19(35)40-21(17)20)41-26(38)33-15-13-31(7,24(36)44-33)29(33,3)4/h9-12,22-23H,13-16H2,1-8H3/t22-,23-,31-,32-,33+,34+/m0/s1. The number of esters is 4. The SMILES string of the molecule is CC1(C)Oc2ccc3ccc(=O)oc3c2[C@H](OC(=O)[C@@]23CC[C@@](C)(C(=O)O2)C3(C)C)[C@@H]1OC(=O)[C@@]12CC[C@@](C)(C(=O)O1)C2(C)C. The lowest BCUT2D eigenvalue weighted by molar-refractivity contribution is -0.217. The number of benzene rings is 1. The van der Waals surface area contributed by atoms with Crippen molar-refractivity contribution in [3.63, 3.8) is 0 Å². The lowest BCUT2D eigenvalue weighted by Gasteiger charge is -2.45. The second-order valence-corrected chi connectivity index (χ2v) is 15.4. The molecule has 5 aliphatic rings. The summed E-state index contributed by atoms with van der Waals surface area (Å²) < 4.78 is 36.2. The van der Waals surface area contributed by atoms with Crippen LogP contribution in [0.3, 0.4) is 0 Å². The van der Waals surface area contributed by atoms with Crippen molar-refractivity contribution in [3.05, 3.63) is 40.2 Å². The van der Waals surface area contributed by atoms with Gasteiger partial charge in [0.2, 0.25) is 11.2 Å². The van der Waals surface area contributed by atoms with E-state index in [9.17, 15) is 24.0 Å². The summed E-state index contributed by atoms with van der Waals surface area (Å²) >= 11 is 0. The molecule has 0 N–H and O–H groups in total. The molecule has 11 nitrogen and oxygen atoms in total. The Morgan fingerprint density at radius 2 is 1.20 bits per heavy atom. The van der Waals surface area contributed by atoms with E-state index in [1.54, 1.807) is 45.9 Å². The second kappa shape index (κ2) is 8.47. The molecule has 0 amide bonds. The van der Waals surface area contributed by atoms with Crippen molar-refractivity contribution in [2.24, 2.45) is 21.7 Å². The lowest BCUT2D eigenvalue weighted by atomic mass is 9.66. The second-order valence-electron chi connectivity index (χ2n) is 15.4. The van der Waals surface area contributed by atoms with E-state index in [0.29, 0.717) is 18.2 Å². The summed E-state index contributed by atoms with van der Waals surface area (Å²) in [6.45, 7) is 14.2. The maximum absolute atomic E-state index is 14.4. The fourth-order valence-corrected chi connectivity index (χ4v) is 8.50. The number of ether oxygens (including phenoxy) is 5. The van der Waals surface area contributed by atoms with Crippen molar-refractivity contribution >= 4 is 34.8 Å². The van der Waals surface area contributed by atoms with Gasteiger partial charge in [-0.3, -0.25) is 9.59 Å². The monoisotopic (exact) mass is 622 g/mol. The average Bonchev–Trinajstić information content (AvgIpc) is 3.42. The first kappa shape index (κ1) is 29.8. The highest BCUT2D eigenvalue weighted by atomic mass is 16.7. The van der Waals surface area contributed by atoms with Crippen molar-refractivity contribution in [2.75, 3.05) is 0 Å². The average molecular weight is 623 g/mol. The first-order valence-electron chi connectivity index (χ1n) is 15.4. The molecular weight excluding hydrogens is 584 g/mol. The van der Waals surface area contributed by atoms with Gasteiger partial charge >= 0.3 is 29.5 Å². The Hall–Kier alpha value is -3.89. The lowest BCUT2D eigenvalue weighted by Crippen LogP contribution is -2.57. The number of fused-ring (bicyclic) bond motifs is 7. The Morgan fingerprint density at radius 1 is 0.689 bits per heavy atom. The molecule has 2 aromatic rings. The number of carbonyl (C=O) groups excluding carboxylic acids is 4. The molecule has 2 saturated carbocycles. The van der Waals surface area contributed by atoms with Crippen LogP contribution in [0.4, 0.5) is 0 Å². The zero-order valence-electron chi connectivity index (χ0n) is 26.8. The third kappa shape index (κ3) is 3.29. The smallest absolute Gasteiger partial charge is 0.351 e. The van der Waals surface area contributed by atoms with Gasteiger partial charge in [0.15, 0.2) is 12.2 Å². The van der Waals surface area contributed by atoms with E-state index in [1.807, 2.05) is 27.7 Å². The molecule has 4 bridgehead atoms. The van der Waals surface area contributed by atoms with Gasteiger partial charge in [0.05, 0.1) is 16.4 Å². The Morgan fingerprint density at radius 3 is 1.69 bits per heavy atom. The minimum Gasteiger partial charge on any atom is -0.483 e. The van der Waals surface area contributed by atoms with E-state index >= 15 is 0 Å². The fraction of sp³-hybridized carbons (Fsp3) is 0.618. The number of carbonyl (C=O) groups is 4. The zero-order chi connectivity index (χ0) is 32.8. The van der Waals surface area contributed by atoms with Gasteiger partial charge in [0.1, 0.15) is 16.9 Å². The minimum absolute atomic E-state index is 0.102. The van der Waals surface area contributed by atoms with Crippen LogP contribution in [-0.4, -0.2) is 46.8 Å². The van der Waals surface area contributed by atoms with Gasteiger partial charge in [-0.25, -0.2) is 14.4 Å². The summed E-state index contributed by atoms with van der Waals surface area (Å²) in [5.41, 5.74) is -8.36. The van der Waals surface area contributed by atoms with Gasteiger partial charge in [-0.1, -0.05) is 27.7 Å². The highest BCUT2D eigenvalue weighted by Crippen LogP contribution is 2.67. The minimum atomic E-state index is -1.59. The summed E-state index contributed by atoms with van der Waals surface area (Å²) in [7, 11) is 0. The van der Waals surface area contributed by atoms with E-state index in [0.717, 1.165) is 0 Å². The predicted molar refractivity (Wildman–Crippen MR) is 156 cm³/mol. The largest absolute Gasteiger partial charge is 0.483 e. The summed E-state index contributed by atoms with van der Waals surface area (Å²) in [5, 5.41) is 0.526. The number of hydrogen-bond acceptors (Lipinski definition) is 11. The van der Waals surface area contributed by atoms with Crippen LogP contribution in [0.15, 0.2) is 33.5 Å². The highest BCUT2D eigenvalue weighted by molar-refractivity contribution is 5.95. The van der Waals surface area contributed by atoms with Gasteiger partial charge < -0.3 is 28.1 Å². The molecule has 6 atom stereocenters. The number of rotatable bonds is 4. The topological polar surface area (TPSA) is 145 Å². The van der Waals surface area contributed by atoms with Gasteiger partial charge in [-0.15, -0.1) is 0 Å². The number of hydrogen-bond donors (Lipinski definition) is 0. The molecule has 2 saturated heterocycles. The zero-order valence-corrected chi connectivity index (χ0v) is 26.8. The van der Waals surface area contributed by atoms with Gasteiger partial charge in [-0.05, 0) is 71.6 Å². The molecule has 0 spiro atoms. The Bertz CT molecular complexity index is 1780. The molecule has 11 heteroatoms. The summed E-state index contributed by atoms with van der Waals surface area (Å²) in [5.74, 6) is -2.26. The maximum Gasteiger partial charge on any atom is 0.351 e. The van der Waals surface area contributed by atoms with Crippen molar-refractivity contribution in [1.82, 2.24) is 0 Å². The molecular formula is C34H38O11. The van der Waals surface area contributed by atoms with E-state index in [4.69, 9.17) is 28.1 Å². The third-order valence-corrected chi connectivity index (χ3v) is 12.7. The molecule has 4 heterocycles. The molecule has 45 heavy (non-hydrogen) atoms. The van der Waals surface area contributed by atoms with Gasteiger partial charge in [-0.2, -0.15) is 0 Å². The van der Waals surface area contributed by atoms with Crippen LogP contribution >= 0.6 is 0 Å². The Balaban J connectivity index is 1.36. The van der Waals surface area contributed by atoms with Crippen LogP contribution < -0.4 is 10.4 Å². The molecule has 2 aliphatic carbocycles. The Kier molecular flexibility index (Phi) is 5.61. The maximum atomic E-state index is 14.4. The van der Waals surface area contributed by atoms with Crippen LogP contribution in [-0.2, 0) is 38.1 Å². The molecule has 7 rings (SSSR count). The first-order chi connectivity index (χ1) is 20.8. The first-order valence-corrected chi connectivity index (χ1v) is 15.4. The molecule has 0 unspecified atom stereocenters. The third-order valence-electron chi connectivity index (χ3n) is 12.7. The molecule has 0 radical (unpaired) electrons. The van der Waals surface area contributed by atoms with Crippen LogP contribution in [0.5, 0.6) is 5.75 Å². The van der Waals surface area contributed by atoms with Crippen molar-refractivity contribution in [1.29, 1.82) is 0 Å². The van der Waals surface area contributed by atoms with E-state index < -0.39 is 80.2 Å². The molecule has 1 aromatic carbocycles. The molecule has 240 valence electrons. The van der Waals surface area contributed by atoms with Crippen LogP contribution in [0, 0.1) is 21.7 Å². The van der Waals surface area contributed by atoms with E-state index in [-0.39, 0.29) is 29.7 Å². The van der Waals surface area contributed by atoms with Crippen molar-refractivity contribution in [3.8, 4) is 5.75 Å². The summed E-state index contributed by atoms with van der Waals surface area (Å²) in [6.07, 6.45) is -1.26. The molecule has 3 aliphatic heterocycles. The van der Waals surface area contributed by atoms with E-state index in [1.165, 1.54) is 6.07 Å². The van der Waals surface area contributed by atoms with Crippen LogP contribution in [0.25, 0.3) is 11.0 Å². The normalized spacial score (nSPS) is 37.9. The summed E-state index contributed by atoms with van der Waals surface area (Å²) in [4.78, 5) is 67.1. The summed E-state index contributed by atoms with van der Waals surface area (Å²) in [6, 6.07) is 6.22. The highest BCUT2D eigenvalue weighted by Gasteiger charge is 2.78. The van der Waals surface area contributed by atoms with Crippen LogP contribution in [0.2, 0.25) is 0 Å². The molecule has 1 aromatic heterocycles. The van der Waals surface area contributed by atoms with Gasteiger partial charge in [0, 0.05) is 22.3 Å². The molecule has 4 fully saturated rings. The van der Waals surface area contributed by atoms with Crippen molar-refractivity contribution in [2.45, 2.75) is 110 Å². The van der Waals surface area contributed by atoms with E-state index in [2.05, 4.69) is 0 Å². The quantitative estimate of drug-likeness (QED) is 0.266.